The van der Waals surface area contributed by atoms with Crippen LogP contribution in [0.2, 0.25) is 0 Å². The van der Waals surface area contributed by atoms with Crippen molar-refractivity contribution in [3.8, 4) is 5.82 Å². The van der Waals surface area contributed by atoms with Gasteiger partial charge in [0.2, 0.25) is 0 Å². The number of carbonyl (C=O) groups is 1. The van der Waals surface area contributed by atoms with Gasteiger partial charge in [-0.15, -0.1) is 0 Å². The Morgan fingerprint density at radius 2 is 2.41 bits per heavy atom. The number of hydrogen-bond donors (Lipinski definition) is 1. The summed E-state index contributed by atoms with van der Waals surface area (Å²) in [5.41, 5.74) is 6.03. The number of ether oxygens (including phenoxy) is 1. The summed E-state index contributed by atoms with van der Waals surface area (Å²) in [4.78, 5) is 19.3. The molecule has 2 N–H and O–H groups in total. The number of hydrogen-bond acceptors (Lipinski definition) is 6. The largest absolute Gasteiger partial charge is 0.462 e. The minimum Gasteiger partial charge on any atom is -0.462 e. The van der Waals surface area contributed by atoms with Crippen LogP contribution < -0.4 is 5.73 Å². The molecule has 17 heavy (non-hydrogen) atoms. The van der Waals surface area contributed by atoms with Gasteiger partial charge in [0.15, 0.2) is 5.82 Å². The maximum atomic E-state index is 11.5. The zero-order valence-corrected chi connectivity index (χ0v) is 9.20. The number of aromatic nitrogens is 4. The molecule has 0 amide bonds. The number of esters is 1. The van der Waals surface area contributed by atoms with Crippen LogP contribution in [0.1, 0.15) is 17.3 Å². The molecule has 2 aromatic rings. The number of nitrogens with zero attached hydrogens (tertiary/aromatic N) is 4. The van der Waals surface area contributed by atoms with Gasteiger partial charge in [0, 0.05) is 12.3 Å². The van der Waals surface area contributed by atoms with E-state index in [1.54, 1.807) is 19.2 Å². The topological polar surface area (TPSA) is 95.9 Å². The molecule has 0 bridgehead atoms. The van der Waals surface area contributed by atoms with Crippen LogP contribution >= 0.6 is 0 Å². The van der Waals surface area contributed by atoms with Gasteiger partial charge in [-0.2, -0.15) is 9.78 Å². The first-order valence-corrected chi connectivity index (χ1v) is 5.01. The molecule has 0 fully saturated rings. The Hall–Kier alpha value is -2.44. The Morgan fingerprint density at radius 3 is 3.06 bits per heavy atom. The van der Waals surface area contributed by atoms with Gasteiger partial charge in [-0.05, 0) is 6.92 Å². The van der Waals surface area contributed by atoms with Crippen molar-refractivity contribution in [1.29, 1.82) is 0 Å². The number of anilines is 1. The zero-order valence-electron chi connectivity index (χ0n) is 9.20. The fraction of sp³-hybridized carbons (Fsp3) is 0.200. The van der Waals surface area contributed by atoms with Gasteiger partial charge in [-0.1, -0.05) is 0 Å². The Balaban J connectivity index is 2.37. The van der Waals surface area contributed by atoms with Crippen LogP contribution in [0.5, 0.6) is 0 Å². The van der Waals surface area contributed by atoms with Crippen LogP contribution in [-0.2, 0) is 4.74 Å². The molecule has 2 aromatic heterocycles. The Kier molecular flexibility index (Phi) is 2.99. The highest BCUT2D eigenvalue weighted by molar-refractivity contribution is 5.94. The van der Waals surface area contributed by atoms with E-state index >= 15 is 0 Å². The van der Waals surface area contributed by atoms with E-state index in [1.807, 2.05) is 0 Å². The molecule has 0 aliphatic carbocycles. The predicted octanol–water partition coefficient (Wildman–Crippen LogP) is 0.421. The molecule has 0 aliphatic rings. The Morgan fingerprint density at radius 1 is 1.59 bits per heavy atom. The molecule has 0 saturated heterocycles. The molecule has 2 rings (SSSR count). The van der Waals surface area contributed by atoms with E-state index in [0.29, 0.717) is 5.82 Å². The van der Waals surface area contributed by atoms with Gasteiger partial charge in [-0.3, -0.25) is 0 Å². The summed E-state index contributed by atoms with van der Waals surface area (Å²) in [5, 5.41) is 3.99. The van der Waals surface area contributed by atoms with Crippen molar-refractivity contribution in [3.05, 3.63) is 30.4 Å². The summed E-state index contributed by atoms with van der Waals surface area (Å²) < 4.78 is 6.21. The second-order valence-electron chi connectivity index (χ2n) is 3.14. The number of carbonyl (C=O) groups excluding carboxylic acids is 1. The average Bonchev–Trinajstić information content (AvgIpc) is 2.72. The van der Waals surface area contributed by atoms with Crippen molar-refractivity contribution in [2.75, 3.05) is 12.3 Å². The molecule has 0 atom stereocenters. The van der Waals surface area contributed by atoms with E-state index in [0.717, 1.165) is 0 Å². The minimum absolute atomic E-state index is 0.196. The molecule has 7 heteroatoms. The molecule has 0 aromatic carbocycles. The first-order chi connectivity index (χ1) is 8.24. The summed E-state index contributed by atoms with van der Waals surface area (Å²) >= 11 is 0. The molecular formula is C10H11N5O2. The number of rotatable bonds is 3. The monoisotopic (exact) mass is 233 g/mol. The first kappa shape index (κ1) is 11.1. The number of nitrogens with two attached hydrogens (primary N) is 1. The Bertz CT molecular complexity index is 523. The van der Waals surface area contributed by atoms with Gasteiger partial charge in [0.05, 0.1) is 12.8 Å². The minimum atomic E-state index is -0.495. The summed E-state index contributed by atoms with van der Waals surface area (Å²) in [5.74, 6) is 0.195. The molecule has 0 saturated carbocycles. The fourth-order valence-corrected chi connectivity index (χ4v) is 1.32. The van der Waals surface area contributed by atoms with E-state index < -0.39 is 5.97 Å². The van der Waals surface area contributed by atoms with Gasteiger partial charge < -0.3 is 10.5 Å². The maximum Gasteiger partial charge on any atom is 0.343 e. The summed E-state index contributed by atoms with van der Waals surface area (Å²) in [6.07, 6.45) is 4.30. The van der Waals surface area contributed by atoms with E-state index in [2.05, 4.69) is 15.1 Å². The van der Waals surface area contributed by atoms with Crippen molar-refractivity contribution in [2.45, 2.75) is 6.92 Å². The molecule has 0 aliphatic heterocycles. The molecule has 88 valence electrons. The van der Waals surface area contributed by atoms with Crippen LogP contribution in [0, 0.1) is 0 Å². The fourth-order valence-electron chi connectivity index (χ4n) is 1.32. The average molecular weight is 233 g/mol. The lowest BCUT2D eigenvalue weighted by atomic mass is 10.3. The van der Waals surface area contributed by atoms with Crippen molar-refractivity contribution < 1.29 is 9.53 Å². The van der Waals surface area contributed by atoms with Crippen molar-refractivity contribution >= 4 is 11.8 Å². The SMILES string of the molecule is CCOC(=O)c1cnn(-c2ccncn2)c1N. The van der Waals surface area contributed by atoms with Crippen LogP contribution in [0.4, 0.5) is 5.82 Å². The van der Waals surface area contributed by atoms with Crippen molar-refractivity contribution in [3.63, 3.8) is 0 Å². The highest BCUT2D eigenvalue weighted by Gasteiger charge is 2.17. The highest BCUT2D eigenvalue weighted by Crippen LogP contribution is 2.15. The lowest BCUT2D eigenvalue weighted by Gasteiger charge is -2.03. The molecular weight excluding hydrogens is 222 g/mol. The third kappa shape index (κ3) is 2.07. The van der Waals surface area contributed by atoms with Crippen LogP contribution in [0.15, 0.2) is 24.8 Å². The summed E-state index contributed by atoms with van der Waals surface area (Å²) in [6, 6.07) is 1.64. The highest BCUT2D eigenvalue weighted by atomic mass is 16.5. The Labute approximate surface area is 97.2 Å². The van der Waals surface area contributed by atoms with Crippen molar-refractivity contribution in [2.24, 2.45) is 0 Å². The second kappa shape index (κ2) is 4.60. The zero-order chi connectivity index (χ0) is 12.3. The van der Waals surface area contributed by atoms with Crippen LogP contribution in [-0.4, -0.2) is 32.3 Å². The van der Waals surface area contributed by atoms with Gasteiger partial charge >= 0.3 is 5.97 Å². The third-order valence-electron chi connectivity index (χ3n) is 2.09. The molecule has 2 heterocycles. The smallest absolute Gasteiger partial charge is 0.343 e. The van der Waals surface area contributed by atoms with E-state index in [-0.39, 0.29) is 18.0 Å². The first-order valence-electron chi connectivity index (χ1n) is 5.01. The number of nitrogen functional groups attached to an aromatic ring is 1. The van der Waals surface area contributed by atoms with Gasteiger partial charge in [0.25, 0.3) is 0 Å². The lowest BCUT2D eigenvalue weighted by Crippen LogP contribution is -2.09. The summed E-state index contributed by atoms with van der Waals surface area (Å²) in [7, 11) is 0. The van der Waals surface area contributed by atoms with E-state index in [1.165, 1.54) is 17.2 Å². The summed E-state index contributed by atoms with van der Waals surface area (Å²) in [6.45, 7) is 2.01. The van der Waals surface area contributed by atoms with Crippen LogP contribution in [0.3, 0.4) is 0 Å². The molecule has 0 radical (unpaired) electrons. The molecule has 0 spiro atoms. The van der Waals surface area contributed by atoms with Crippen molar-refractivity contribution in [1.82, 2.24) is 19.7 Å². The molecule has 7 nitrogen and oxygen atoms in total. The third-order valence-corrected chi connectivity index (χ3v) is 2.09. The second-order valence-corrected chi connectivity index (χ2v) is 3.14. The van der Waals surface area contributed by atoms with Gasteiger partial charge in [0.1, 0.15) is 17.7 Å². The maximum absolute atomic E-state index is 11.5. The predicted molar refractivity (Wildman–Crippen MR) is 59.5 cm³/mol. The van der Waals surface area contributed by atoms with Crippen LogP contribution in [0.25, 0.3) is 5.82 Å². The normalized spacial score (nSPS) is 10.2. The molecule has 0 unspecified atom stereocenters. The van der Waals surface area contributed by atoms with E-state index in [9.17, 15) is 4.79 Å². The lowest BCUT2D eigenvalue weighted by molar-refractivity contribution is 0.0527. The standard InChI is InChI=1S/C10H11N5O2/c1-2-17-10(16)7-5-14-15(9(7)11)8-3-4-12-6-13-8/h3-6H,2,11H2,1H3. The van der Waals surface area contributed by atoms with Gasteiger partial charge in [-0.25, -0.2) is 14.8 Å². The van der Waals surface area contributed by atoms with E-state index in [4.69, 9.17) is 10.5 Å². The quantitative estimate of drug-likeness (QED) is 0.772.